The zero-order valence-electron chi connectivity index (χ0n) is 13.5. The van der Waals surface area contributed by atoms with Crippen LogP contribution < -0.4 is 5.32 Å². The molecule has 3 nitrogen and oxygen atoms in total. The molecule has 1 aromatic carbocycles. The van der Waals surface area contributed by atoms with Gasteiger partial charge in [0.2, 0.25) is 0 Å². The monoisotopic (exact) mass is 285 g/mol. The zero-order chi connectivity index (χ0) is 14.8. The summed E-state index contributed by atoms with van der Waals surface area (Å²) in [4.78, 5) is 4.93. The molecule has 0 atom stereocenters. The van der Waals surface area contributed by atoms with E-state index in [1.165, 1.54) is 49.3 Å². The molecule has 114 valence electrons. The highest BCUT2D eigenvalue weighted by atomic mass is 15.1. The van der Waals surface area contributed by atoms with Crippen molar-refractivity contribution in [1.29, 1.82) is 0 Å². The lowest BCUT2D eigenvalue weighted by atomic mass is 9.93. The van der Waals surface area contributed by atoms with Gasteiger partial charge in [-0.3, -0.25) is 0 Å². The van der Waals surface area contributed by atoms with Crippen molar-refractivity contribution in [2.45, 2.75) is 52.5 Å². The molecule has 0 radical (unpaired) electrons. The molecule has 1 N–H and O–H groups in total. The summed E-state index contributed by atoms with van der Waals surface area (Å²) in [7, 11) is 0. The van der Waals surface area contributed by atoms with Gasteiger partial charge in [-0.25, -0.2) is 4.98 Å². The van der Waals surface area contributed by atoms with Crippen LogP contribution in [0.4, 0.5) is 0 Å². The molecule has 0 aliphatic carbocycles. The second-order valence-electron chi connectivity index (χ2n) is 6.72. The van der Waals surface area contributed by atoms with Gasteiger partial charge in [-0.2, -0.15) is 0 Å². The Balaban J connectivity index is 1.84. The van der Waals surface area contributed by atoms with Crippen LogP contribution in [0, 0.1) is 12.8 Å². The fourth-order valence-electron chi connectivity index (χ4n) is 3.51. The molecule has 0 saturated carbocycles. The molecule has 1 fully saturated rings. The first-order valence-electron chi connectivity index (χ1n) is 8.33. The Morgan fingerprint density at radius 2 is 2.05 bits per heavy atom. The Hall–Kier alpha value is -1.35. The third-order valence-corrected chi connectivity index (χ3v) is 4.67. The van der Waals surface area contributed by atoms with E-state index in [1.54, 1.807) is 0 Å². The van der Waals surface area contributed by atoms with Gasteiger partial charge in [0, 0.05) is 12.5 Å². The smallest absolute Gasteiger partial charge is 0.110 e. The average molecular weight is 285 g/mol. The zero-order valence-corrected chi connectivity index (χ0v) is 13.5. The number of aryl methyl sites for hydroxylation is 2. The maximum Gasteiger partial charge on any atom is 0.110 e. The van der Waals surface area contributed by atoms with Crippen LogP contribution in [0.2, 0.25) is 0 Å². The van der Waals surface area contributed by atoms with Crippen molar-refractivity contribution in [3.05, 3.63) is 29.6 Å². The van der Waals surface area contributed by atoms with E-state index in [4.69, 9.17) is 4.98 Å². The Bertz CT molecular complexity index is 606. The largest absolute Gasteiger partial charge is 0.325 e. The first-order valence-corrected chi connectivity index (χ1v) is 8.33. The molecule has 1 aliphatic rings. The molecule has 1 saturated heterocycles. The molecule has 0 spiro atoms. The Kier molecular flexibility index (Phi) is 4.29. The van der Waals surface area contributed by atoms with E-state index >= 15 is 0 Å². The van der Waals surface area contributed by atoms with Gasteiger partial charge < -0.3 is 9.88 Å². The highest BCUT2D eigenvalue weighted by Crippen LogP contribution is 2.25. The fourth-order valence-corrected chi connectivity index (χ4v) is 3.51. The standard InChI is InChI=1S/C18H27N3/c1-13(2)21-17-6-4-14(3)12-16(17)20-18(21)7-5-15-8-10-19-11-9-15/h4,6,12-13,15,19H,5,7-11H2,1-3H3. The lowest BCUT2D eigenvalue weighted by Gasteiger charge is -2.22. The molecular formula is C18H27N3. The fraction of sp³-hybridized carbons (Fsp3) is 0.611. The van der Waals surface area contributed by atoms with E-state index in [1.807, 2.05) is 0 Å². The predicted molar refractivity (Wildman–Crippen MR) is 88.8 cm³/mol. The van der Waals surface area contributed by atoms with Crippen LogP contribution in [-0.2, 0) is 6.42 Å². The minimum Gasteiger partial charge on any atom is -0.325 e. The van der Waals surface area contributed by atoms with Gasteiger partial charge in [0.15, 0.2) is 0 Å². The third kappa shape index (κ3) is 3.13. The summed E-state index contributed by atoms with van der Waals surface area (Å²) in [5.41, 5.74) is 3.74. The number of rotatable bonds is 4. The van der Waals surface area contributed by atoms with Crippen LogP contribution in [0.3, 0.4) is 0 Å². The Morgan fingerprint density at radius 1 is 1.29 bits per heavy atom. The topological polar surface area (TPSA) is 29.9 Å². The van der Waals surface area contributed by atoms with Gasteiger partial charge in [0.1, 0.15) is 5.82 Å². The minimum absolute atomic E-state index is 0.473. The Morgan fingerprint density at radius 3 is 2.76 bits per heavy atom. The number of nitrogens with one attached hydrogen (secondary N) is 1. The third-order valence-electron chi connectivity index (χ3n) is 4.67. The molecule has 0 unspecified atom stereocenters. The van der Waals surface area contributed by atoms with E-state index < -0.39 is 0 Å². The first kappa shape index (κ1) is 14.6. The first-order chi connectivity index (χ1) is 10.1. The molecule has 0 amide bonds. The van der Waals surface area contributed by atoms with Gasteiger partial charge in [-0.1, -0.05) is 6.07 Å². The lowest BCUT2D eigenvalue weighted by molar-refractivity contribution is 0.350. The molecule has 21 heavy (non-hydrogen) atoms. The molecule has 2 heterocycles. The summed E-state index contributed by atoms with van der Waals surface area (Å²) >= 11 is 0. The number of imidazole rings is 1. The lowest BCUT2D eigenvalue weighted by Crippen LogP contribution is -2.28. The van der Waals surface area contributed by atoms with Crippen LogP contribution in [0.25, 0.3) is 11.0 Å². The molecule has 3 rings (SSSR count). The van der Waals surface area contributed by atoms with Crippen LogP contribution in [0.1, 0.15) is 50.5 Å². The maximum atomic E-state index is 4.93. The quantitative estimate of drug-likeness (QED) is 0.924. The van der Waals surface area contributed by atoms with E-state index in [0.717, 1.165) is 17.9 Å². The van der Waals surface area contributed by atoms with Crippen LogP contribution in [-0.4, -0.2) is 22.6 Å². The van der Waals surface area contributed by atoms with Gasteiger partial charge >= 0.3 is 0 Å². The van der Waals surface area contributed by atoms with E-state index in [0.29, 0.717) is 6.04 Å². The van der Waals surface area contributed by atoms with Gasteiger partial charge in [-0.15, -0.1) is 0 Å². The van der Waals surface area contributed by atoms with Gasteiger partial charge in [0.05, 0.1) is 11.0 Å². The summed E-state index contributed by atoms with van der Waals surface area (Å²) in [6.07, 6.45) is 5.02. The second-order valence-corrected chi connectivity index (χ2v) is 6.72. The summed E-state index contributed by atoms with van der Waals surface area (Å²) in [5, 5.41) is 3.45. The van der Waals surface area contributed by atoms with Crippen LogP contribution in [0.15, 0.2) is 18.2 Å². The molecule has 3 heteroatoms. The van der Waals surface area contributed by atoms with E-state index in [-0.39, 0.29) is 0 Å². The molecule has 1 aliphatic heterocycles. The predicted octanol–water partition coefficient (Wildman–Crippen LogP) is 3.86. The number of nitrogens with zero attached hydrogens (tertiary/aromatic N) is 2. The normalized spacial score (nSPS) is 17.0. The molecule has 2 aromatic rings. The number of aromatic nitrogens is 2. The number of benzene rings is 1. The highest BCUT2D eigenvalue weighted by molar-refractivity contribution is 5.77. The number of hydrogen-bond donors (Lipinski definition) is 1. The van der Waals surface area contributed by atoms with Crippen LogP contribution in [0.5, 0.6) is 0 Å². The van der Waals surface area contributed by atoms with E-state index in [2.05, 4.69) is 48.9 Å². The molecule has 1 aromatic heterocycles. The van der Waals surface area contributed by atoms with Crippen molar-refractivity contribution in [1.82, 2.24) is 14.9 Å². The van der Waals surface area contributed by atoms with Crippen molar-refractivity contribution in [3.63, 3.8) is 0 Å². The second kappa shape index (κ2) is 6.18. The number of fused-ring (bicyclic) bond motifs is 1. The molecular weight excluding hydrogens is 258 g/mol. The summed E-state index contributed by atoms with van der Waals surface area (Å²) in [6, 6.07) is 7.11. The van der Waals surface area contributed by atoms with Crippen molar-refractivity contribution in [2.75, 3.05) is 13.1 Å². The van der Waals surface area contributed by atoms with Crippen LogP contribution >= 0.6 is 0 Å². The maximum absolute atomic E-state index is 4.93. The minimum atomic E-state index is 0.473. The highest BCUT2D eigenvalue weighted by Gasteiger charge is 2.17. The van der Waals surface area contributed by atoms with Crippen molar-refractivity contribution >= 4 is 11.0 Å². The number of piperidine rings is 1. The van der Waals surface area contributed by atoms with Crippen molar-refractivity contribution < 1.29 is 0 Å². The van der Waals surface area contributed by atoms with Crippen molar-refractivity contribution in [2.24, 2.45) is 5.92 Å². The van der Waals surface area contributed by atoms with Gasteiger partial charge in [0.25, 0.3) is 0 Å². The molecule has 0 bridgehead atoms. The SMILES string of the molecule is Cc1ccc2c(c1)nc(CCC1CCNCC1)n2C(C)C. The average Bonchev–Trinajstić information content (AvgIpc) is 2.83. The summed E-state index contributed by atoms with van der Waals surface area (Å²) in [6.45, 7) is 9.03. The summed E-state index contributed by atoms with van der Waals surface area (Å²) in [5.74, 6) is 2.14. The van der Waals surface area contributed by atoms with Crippen molar-refractivity contribution in [3.8, 4) is 0 Å². The summed E-state index contributed by atoms with van der Waals surface area (Å²) < 4.78 is 2.43. The van der Waals surface area contributed by atoms with Gasteiger partial charge in [-0.05, 0) is 76.7 Å². The Labute approximate surface area is 127 Å². The number of hydrogen-bond acceptors (Lipinski definition) is 2. The van der Waals surface area contributed by atoms with E-state index in [9.17, 15) is 0 Å².